The second-order valence-corrected chi connectivity index (χ2v) is 11.4. The highest BCUT2D eigenvalue weighted by Gasteiger charge is 2.34. The van der Waals surface area contributed by atoms with Crippen LogP contribution in [0.4, 0.5) is 28.0 Å². The number of nitrogens with one attached hydrogen (secondary N) is 2. The Bertz CT molecular complexity index is 1310. The van der Waals surface area contributed by atoms with Crippen molar-refractivity contribution in [3.8, 4) is 0 Å². The number of fused-ring (bicyclic) bond motifs is 1. The van der Waals surface area contributed by atoms with Crippen molar-refractivity contribution in [1.82, 2.24) is 10.6 Å². The second kappa shape index (κ2) is 15.0. The summed E-state index contributed by atoms with van der Waals surface area (Å²) < 4.78 is 57.5. The number of carbonyl (C=O) groups is 3. The van der Waals surface area contributed by atoms with Crippen molar-refractivity contribution in [2.24, 2.45) is 0 Å². The van der Waals surface area contributed by atoms with Gasteiger partial charge in [0.1, 0.15) is 17.5 Å². The zero-order valence-corrected chi connectivity index (χ0v) is 24.3. The Balaban J connectivity index is 0.00000197. The molecule has 228 valence electrons. The van der Waals surface area contributed by atoms with Gasteiger partial charge in [-0.15, -0.1) is 11.8 Å². The summed E-state index contributed by atoms with van der Waals surface area (Å²) in [5, 5.41) is 5.34. The van der Waals surface area contributed by atoms with Crippen LogP contribution in [0, 0.1) is 5.82 Å². The minimum absolute atomic E-state index is 0.00827. The summed E-state index contributed by atoms with van der Waals surface area (Å²) >= 11 is 7.09. The van der Waals surface area contributed by atoms with Gasteiger partial charge in [0.05, 0.1) is 17.8 Å². The maximum absolute atomic E-state index is 15.0. The minimum atomic E-state index is -4.37. The fourth-order valence-electron chi connectivity index (χ4n) is 3.67. The zero-order valence-electron chi connectivity index (χ0n) is 22.8. The number of carbonyl (C=O) groups excluding carboxylic acids is 5. The fraction of sp³-hybridized carbons (Fsp3) is 0.407. The van der Waals surface area contributed by atoms with Gasteiger partial charge in [-0.05, 0) is 57.0 Å². The summed E-state index contributed by atoms with van der Waals surface area (Å²) in [4.78, 5) is 56.7. The molecule has 0 spiro atoms. The third-order valence-electron chi connectivity index (χ3n) is 5.42. The Labute approximate surface area is 248 Å². The van der Waals surface area contributed by atoms with Gasteiger partial charge in [0.2, 0.25) is 0 Å². The number of nitrogens with zero attached hydrogens (tertiary/aromatic N) is 1. The lowest BCUT2D eigenvalue weighted by Gasteiger charge is -2.27. The van der Waals surface area contributed by atoms with Crippen LogP contribution in [0.15, 0.2) is 41.3 Å². The Morgan fingerprint density at radius 3 is 2.33 bits per heavy atom. The van der Waals surface area contributed by atoms with E-state index in [4.69, 9.17) is 25.9 Å². The van der Waals surface area contributed by atoms with E-state index in [2.05, 4.69) is 10.6 Å². The van der Waals surface area contributed by atoms with Gasteiger partial charge in [-0.25, -0.2) is 9.18 Å². The molecule has 2 aromatic rings. The Kier molecular flexibility index (Phi) is 12.4. The highest BCUT2D eigenvalue weighted by Crippen LogP contribution is 2.37. The standard InChI is InChI=1S/C26H28ClF4N3O4S.CO2/c1-25(2,3)38-24(37)33-19-14-39-21-12-18(28)17(22(35)32-10-4-9-26(29,30)31)11-20(21)34(23(19)36)13-15-5-7-16(27)8-6-15;2-1-3/h5-8,11-12,19H,4,9-10,13-14H2,1-3H3,(H,32,35)(H,33,37);/t19-;/m0./s1. The third kappa shape index (κ3) is 11.0. The molecule has 0 aromatic heterocycles. The summed E-state index contributed by atoms with van der Waals surface area (Å²) in [7, 11) is 0. The molecule has 1 heterocycles. The van der Waals surface area contributed by atoms with E-state index in [-0.39, 0.29) is 37.1 Å². The predicted molar refractivity (Wildman–Crippen MR) is 146 cm³/mol. The normalized spacial score (nSPS) is 14.9. The van der Waals surface area contributed by atoms with Crippen LogP contribution in [0.5, 0.6) is 0 Å². The molecule has 1 atom stereocenters. The molecule has 1 aliphatic rings. The molecule has 0 bridgehead atoms. The Morgan fingerprint density at radius 1 is 1.14 bits per heavy atom. The van der Waals surface area contributed by atoms with Gasteiger partial charge in [0.15, 0.2) is 0 Å². The van der Waals surface area contributed by atoms with E-state index in [1.165, 1.54) is 11.0 Å². The van der Waals surface area contributed by atoms with Crippen molar-refractivity contribution in [1.29, 1.82) is 0 Å². The maximum Gasteiger partial charge on any atom is 0.408 e. The summed E-state index contributed by atoms with van der Waals surface area (Å²) in [6.07, 6.45) is -6.38. The molecule has 42 heavy (non-hydrogen) atoms. The van der Waals surface area contributed by atoms with Gasteiger partial charge < -0.3 is 20.3 Å². The van der Waals surface area contributed by atoms with Crippen molar-refractivity contribution in [2.45, 2.75) is 62.9 Å². The van der Waals surface area contributed by atoms with Crippen molar-refractivity contribution in [3.05, 3.63) is 58.4 Å². The van der Waals surface area contributed by atoms with Crippen LogP contribution in [0.2, 0.25) is 5.02 Å². The lowest BCUT2D eigenvalue weighted by molar-refractivity contribution is -0.191. The molecule has 2 N–H and O–H groups in total. The van der Waals surface area contributed by atoms with E-state index in [1.807, 2.05) is 0 Å². The molecular formula is C27H28ClF4N3O6S. The number of anilines is 1. The first-order chi connectivity index (χ1) is 19.5. The molecule has 9 nitrogen and oxygen atoms in total. The highest BCUT2D eigenvalue weighted by atomic mass is 35.5. The van der Waals surface area contributed by atoms with Gasteiger partial charge in [-0.3, -0.25) is 9.59 Å². The van der Waals surface area contributed by atoms with Gasteiger partial charge in [-0.1, -0.05) is 23.7 Å². The lowest BCUT2D eigenvalue weighted by atomic mass is 10.1. The van der Waals surface area contributed by atoms with E-state index in [9.17, 15) is 31.9 Å². The van der Waals surface area contributed by atoms with Crippen LogP contribution in [0.3, 0.4) is 0 Å². The fourth-order valence-corrected chi connectivity index (χ4v) is 4.87. The largest absolute Gasteiger partial charge is 0.444 e. The number of benzene rings is 2. The summed E-state index contributed by atoms with van der Waals surface area (Å²) in [5.74, 6) is -2.27. The number of amides is 3. The van der Waals surface area contributed by atoms with E-state index >= 15 is 0 Å². The van der Waals surface area contributed by atoms with Crippen molar-refractivity contribution >= 4 is 53.1 Å². The van der Waals surface area contributed by atoms with Crippen LogP contribution in [-0.4, -0.2) is 54.2 Å². The maximum atomic E-state index is 15.0. The van der Waals surface area contributed by atoms with Crippen LogP contribution in [-0.2, 0) is 25.7 Å². The van der Waals surface area contributed by atoms with Gasteiger partial charge in [-0.2, -0.15) is 22.8 Å². The molecule has 1 aliphatic heterocycles. The summed E-state index contributed by atoms with van der Waals surface area (Å²) in [5.41, 5.74) is -0.337. The number of alkyl halides is 3. The van der Waals surface area contributed by atoms with Crippen LogP contribution >= 0.6 is 23.4 Å². The smallest absolute Gasteiger partial charge is 0.408 e. The topological polar surface area (TPSA) is 122 Å². The van der Waals surface area contributed by atoms with Gasteiger partial charge >= 0.3 is 18.4 Å². The van der Waals surface area contributed by atoms with E-state index in [1.54, 1.807) is 45.0 Å². The molecule has 3 rings (SSSR count). The zero-order chi connectivity index (χ0) is 31.7. The Hall–Kier alpha value is -3.61. The van der Waals surface area contributed by atoms with Gasteiger partial charge in [0.25, 0.3) is 11.8 Å². The first-order valence-electron chi connectivity index (χ1n) is 12.4. The van der Waals surface area contributed by atoms with E-state index in [0.29, 0.717) is 15.5 Å². The second-order valence-electron chi connectivity index (χ2n) is 9.92. The van der Waals surface area contributed by atoms with Gasteiger partial charge in [0, 0.05) is 28.6 Å². The Morgan fingerprint density at radius 2 is 1.76 bits per heavy atom. The summed E-state index contributed by atoms with van der Waals surface area (Å²) in [6, 6.07) is 7.92. The number of halogens is 5. The quantitative estimate of drug-likeness (QED) is 0.305. The number of alkyl carbamates (subject to hydrolysis) is 1. The van der Waals surface area contributed by atoms with Crippen LogP contribution < -0.4 is 15.5 Å². The first kappa shape index (κ1) is 34.6. The average molecular weight is 634 g/mol. The highest BCUT2D eigenvalue weighted by molar-refractivity contribution is 7.99. The number of hydrogen-bond acceptors (Lipinski definition) is 7. The third-order valence-corrected chi connectivity index (χ3v) is 6.81. The number of hydrogen-bond donors (Lipinski definition) is 2. The number of ether oxygens (including phenoxy) is 1. The molecule has 15 heteroatoms. The predicted octanol–water partition coefficient (Wildman–Crippen LogP) is 5.50. The molecule has 2 aromatic carbocycles. The SMILES string of the molecule is CC(C)(C)OC(=O)N[C@H]1CSc2cc(F)c(C(=O)NCCCC(F)(F)F)cc2N(Cc2ccc(Cl)cc2)C1=O.O=C=O. The lowest BCUT2D eigenvalue weighted by Crippen LogP contribution is -2.50. The van der Waals surface area contributed by atoms with E-state index < -0.39 is 53.5 Å². The number of rotatable bonds is 7. The molecule has 0 radical (unpaired) electrons. The molecule has 0 saturated heterocycles. The average Bonchev–Trinajstić information content (AvgIpc) is 2.98. The van der Waals surface area contributed by atoms with Crippen LogP contribution in [0.25, 0.3) is 0 Å². The molecule has 0 aliphatic carbocycles. The molecule has 0 fully saturated rings. The van der Waals surface area contributed by atoms with Crippen LogP contribution in [0.1, 0.15) is 49.5 Å². The minimum Gasteiger partial charge on any atom is -0.444 e. The summed E-state index contributed by atoms with van der Waals surface area (Å²) in [6.45, 7) is 4.74. The molecule has 0 unspecified atom stereocenters. The van der Waals surface area contributed by atoms with E-state index in [0.717, 1.165) is 17.8 Å². The van der Waals surface area contributed by atoms with Crippen molar-refractivity contribution < 1.29 is 46.3 Å². The van der Waals surface area contributed by atoms with Crippen molar-refractivity contribution in [2.75, 3.05) is 17.2 Å². The molecular weight excluding hydrogens is 606 g/mol. The monoisotopic (exact) mass is 633 g/mol. The molecule has 3 amide bonds. The number of thioether (sulfide) groups is 1. The van der Waals surface area contributed by atoms with Crippen molar-refractivity contribution in [3.63, 3.8) is 0 Å². The molecule has 0 saturated carbocycles. The first-order valence-corrected chi connectivity index (χ1v) is 13.8.